The molecule has 1 atom stereocenters. The molecule has 1 fully saturated rings. The van der Waals surface area contributed by atoms with Crippen LogP contribution in [0, 0.1) is 0 Å². The van der Waals surface area contributed by atoms with Crippen LogP contribution in [-0.4, -0.2) is 75.6 Å². The number of benzene rings is 1. The van der Waals surface area contributed by atoms with Gasteiger partial charge in [-0.2, -0.15) is 9.40 Å². The van der Waals surface area contributed by atoms with Gasteiger partial charge in [-0.1, -0.05) is 17.7 Å². The molecule has 0 aliphatic carbocycles. The summed E-state index contributed by atoms with van der Waals surface area (Å²) in [5.41, 5.74) is 0.921. The number of sulfonamides is 1. The number of halogens is 1. The highest BCUT2D eigenvalue weighted by Gasteiger charge is 2.38. The van der Waals surface area contributed by atoms with Crippen LogP contribution in [0.1, 0.15) is 26.8 Å². The maximum Gasteiger partial charge on any atom is 0.283 e. The topological polar surface area (TPSA) is 111 Å². The van der Waals surface area contributed by atoms with Gasteiger partial charge in [0.05, 0.1) is 23.8 Å². The van der Waals surface area contributed by atoms with Gasteiger partial charge in [-0.15, -0.1) is 22.7 Å². The molecule has 3 aromatic heterocycles. The van der Waals surface area contributed by atoms with E-state index in [4.69, 9.17) is 16.3 Å². The van der Waals surface area contributed by atoms with Gasteiger partial charge in [-0.3, -0.25) is 9.48 Å². The van der Waals surface area contributed by atoms with E-state index in [1.54, 1.807) is 34.1 Å². The number of rotatable bonds is 6. The molecule has 6 rings (SSSR count). The van der Waals surface area contributed by atoms with Crippen LogP contribution in [0.2, 0.25) is 5.02 Å². The number of thiazole rings is 1. The summed E-state index contributed by atoms with van der Waals surface area (Å²) in [5.74, 6) is -0.170. The van der Waals surface area contributed by atoms with Gasteiger partial charge in [0.2, 0.25) is 0 Å². The fraction of sp³-hybridized carbons (Fsp3) is 0.391. The number of amides is 1. The van der Waals surface area contributed by atoms with E-state index in [0.717, 1.165) is 20.7 Å². The second-order valence-corrected chi connectivity index (χ2v) is 13.7. The van der Waals surface area contributed by atoms with Gasteiger partial charge in [0.25, 0.3) is 15.9 Å². The quantitative estimate of drug-likeness (QED) is 0.345. The standard InChI is InChI=1S/C23H23ClN6O4S3/c24-16-2-1-15-9-21(35-19(15)10-16)37(32,33)29-6-7-30(17(11-29)3-5-28-14-25-13-26-28)23(31)22-27-18-4-8-34-12-20(18)36-22/h1-2,9-10,13-14,17H,3-8,11-12H2. The lowest BCUT2D eigenvalue weighted by Crippen LogP contribution is -2.56. The molecule has 0 radical (unpaired) electrons. The van der Waals surface area contributed by atoms with E-state index in [9.17, 15) is 13.2 Å². The molecule has 1 unspecified atom stereocenters. The lowest BCUT2D eigenvalue weighted by atomic mass is 10.1. The predicted molar refractivity (Wildman–Crippen MR) is 141 cm³/mol. The number of fused-ring (bicyclic) bond motifs is 2. The van der Waals surface area contributed by atoms with E-state index in [0.29, 0.717) is 42.6 Å². The van der Waals surface area contributed by atoms with Crippen LogP contribution < -0.4 is 0 Å². The lowest BCUT2D eigenvalue weighted by Gasteiger charge is -2.40. The first-order valence-electron chi connectivity index (χ1n) is 11.8. The Bertz CT molecular complexity index is 1530. The molecule has 14 heteroatoms. The summed E-state index contributed by atoms with van der Waals surface area (Å²) in [6.07, 6.45) is 4.29. The van der Waals surface area contributed by atoms with Gasteiger partial charge in [0.15, 0.2) is 5.01 Å². The lowest BCUT2D eigenvalue weighted by molar-refractivity contribution is 0.0541. The van der Waals surface area contributed by atoms with Gasteiger partial charge < -0.3 is 9.64 Å². The summed E-state index contributed by atoms with van der Waals surface area (Å²) in [6.45, 7) is 2.25. The second-order valence-electron chi connectivity index (χ2n) is 8.90. The van der Waals surface area contributed by atoms with E-state index in [2.05, 4.69) is 15.1 Å². The normalized spacial score (nSPS) is 18.8. The highest BCUT2D eigenvalue weighted by molar-refractivity contribution is 7.91. The number of aryl methyl sites for hydroxylation is 1. The van der Waals surface area contributed by atoms with Gasteiger partial charge in [0, 0.05) is 48.4 Å². The summed E-state index contributed by atoms with van der Waals surface area (Å²) in [4.78, 5) is 24.9. The fourth-order valence-electron chi connectivity index (χ4n) is 4.66. The Morgan fingerprint density at radius 1 is 1.22 bits per heavy atom. The minimum Gasteiger partial charge on any atom is -0.375 e. The first-order valence-corrected chi connectivity index (χ1v) is 15.2. The third-order valence-electron chi connectivity index (χ3n) is 6.60. The number of carbonyl (C=O) groups excluding carboxylic acids is 1. The number of ether oxygens (including phenoxy) is 1. The largest absolute Gasteiger partial charge is 0.375 e. The molecule has 1 aromatic carbocycles. The SMILES string of the molecule is O=C(c1nc2c(s1)COCC2)N1CCN(S(=O)(=O)c2cc3ccc(Cl)cc3s2)CC1CCn1cncn1. The summed E-state index contributed by atoms with van der Waals surface area (Å²) in [6, 6.07) is 6.69. The van der Waals surface area contributed by atoms with E-state index < -0.39 is 10.0 Å². The first-order chi connectivity index (χ1) is 17.9. The van der Waals surface area contributed by atoms with E-state index in [1.165, 1.54) is 33.3 Å². The molecule has 1 amide bonds. The van der Waals surface area contributed by atoms with Crippen molar-refractivity contribution in [1.29, 1.82) is 0 Å². The second kappa shape index (κ2) is 10.0. The fourth-order valence-corrected chi connectivity index (χ4v) is 8.96. The molecule has 2 aliphatic heterocycles. The van der Waals surface area contributed by atoms with Crippen molar-refractivity contribution in [2.45, 2.75) is 36.2 Å². The van der Waals surface area contributed by atoms with E-state index in [-0.39, 0.29) is 35.8 Å². The van der Waals surface area contributed by atoms with Crippen molar-refractivity contribution in [3.8, 4) is 0 Å². The number of piperazine rings is 1. The monoisotopic (exact) mass is 578 g/mol. The van der Waals surface area contributed by atoms with Crippen LogP contribution in [-0.2, 0) is 34.3 Å². The first kappa shape index (κ1) is 24.9. The molecule has 0 bridgehead atoms. The number of thiophene rings is 1. The van der Waals surface area contributed by atoms with Crippen LogP contribution in [0.15, 0.2) is 41.1 Å². The minimum atomic E-state index is -3.75. The maximum absolute atomic E-state index is 13.6. The average Bonchev–Trinajstić information content (AvgIpc) is 3.66. The van der Waals surface area contributed by atoms with Crippen molar-refractivity contribution in [2.75, 3.05) is 26.2 Å². The van der Waals surface area contributed by atoms with Gasteiger partial charge in [0.1, 0.15) is 16.9 Å². The summed E-state index contributed by atoms with van der Waals surface area (Å²) in [7, 11) is -3.75. The highest BCUT2D eigenvalue weighted by atomic mass is 35.5. The predicted octanol–water partition coefficient (Wildman–Crippen LogP) is 3.28. The summed E-state index contributed by atoms with van der Waals surface area (Å²) in [5, 5.41) is 5.98. The zero-order chi connectivity index (χ0) is 25.6. The van der Waals surface area contributed by atoms with Crippen molar-refractivity contribution in [1.82, 2.24) is 29.0 Å². The molecular formula is C23H23ClN6O4S3. The number of aromatic nitrogens is 4. The Morgan fingerprint density at radius 2 is 2.11 bits per heavy atom. The van der Waals surface area contributed by atoms with Crippen molar-refractivity contribution in [3.63, 3.8) is 0 Å². The number of hydrogen-bond acceptors (Lipinski definition) is 9. The van der Waals surface area contributed by atoms with Gasteiger partial charge >= 0.3 is 0 Å². The van der Waals surface area contributed by atoms with Gasteiger partial charge in [-0.25, -0.2) is 18.4 Å². The molecule has 5 heterocycles. The van der Waals surface area contributed by atoms with E-state index >= 15 is 0 Å². The molecular weight excluding hydrogens is 556 g/mol. The zero-order valence-electron chi connectivity index (χ0n) is 19.6. The Kier molecular flexibility index (Phi) is 6.75. The Morgan fingerprint density at radius 3 is 2.92 bits per heavy atom. The highest BCUT2D eigenvalue weighted by Crippen LogP contribution is 2.34. The molecule has 37 heavy (non-hydrogen) atoms. The molecule has 0 saturated carbocycles. The maximum atomic E-state index is 13.6. The minimum absolute atomic E-state index is 0.170. The number of carbonyl (C=O) groups is 1. The van der Waals surface area contributed by atoms with Crippen molar-refractivity contribution < 1.29 is 17.9 Å². The Hall–Kier alpha value is -2.42. The third-order valence-corrected chi connectivity index (χ3v) is 11.3. The van der Waals surface area contributed by atoms with Crippen molar-refractivity contribution >= 4 is 60.3 Å². The number of nitrogens with zero attached hydrogens (tertiary/aromatic N) is 6. The Labute approximate surface area is 226 Å². The van der Waals surface area contributed by atoms with Crippen LogP contribution in [0.4, 0.5) is 0 Å². The molecule has 10 nitrogen and oxygen atoms in total. The molecule has 2 aliphatic rings. The Balaban J connectivity index is 1.26. The van der Waals surface area contributed by atoms with Crippen LogP contribution in [0.5, 0.6) is 0 Å². The molecule has 0 N–H and O–H groups in total. The van der Waals surface area contributed by atoms with Gasteiger partial charge in [-0.05, 0) is 30.0 Å². The third kappa shape index (κ3) is 4.91. The van der Waals surface area contributed by atoms with Crippen LogP contribution in [0.25, 0.3) is 10.1 Å². The smallest absolute Gasteiger partial charge is 0.283 e. The zero-order valence-corrected chi connectivity index (χ0v) is 22.8. The van der Waals surface area contributed by atoms with Crippen molar-refractivity contribution in [2.24, 2.45) is 0 Å². The van der Waals surface area contributed by atoms with Crippen LogP contribution >= 0.6 is 34.3 Å². The molecule has 4 aromatic rings. The van der Waals surface area contributed by atoms with Crippen LogP contribution in [0.3, 0.4) is 0 Å². The molecule has 0 spiro atoms. The van der Waals surface area contributed by atoms with Crippen molar-refractivity contribution in [3.05, 3.63) is 57.5 Å². The summed E-state index contributed by atoms with van der Waals surface area (Å²) < 4.78 is 37.1. The summed E-state index contributed by atoms with van der Waals surface area (Å²) >= 11 is 8.68. The number of hydrogen-bond donors (Lipinski definition) is 0. The molecule has 1 saturated heterocycles. The average molecular weight is 579 g/mol. The molecule has 194 valence electrons. The van der Waals surface area contributed by atoms with E-state index in [1.807, 2.05) is 6.07 Å².